The highest BCUT2D eigenvalue weighted by atomic mass is 35.5. The number of piperazine rings is 1. The van der Waals surface area contributed by atoms with E-state index in [4.69, 9.17) is 33.2 Å². The van der Waals surface area contributed by atoms with E-state index in [1.54, 1.807) is 6.07 Å². The van der Waals surface area contributed by atoms with Crippen LogP contribution in [-0.2, 0) is 11.3 Å². The Morgan fingerprint density at radius 2 is 1.68 bits per heavy atom. The molecule has 2 aromatic heterocycles. The Morgan fingerprint density at radius 1 is 0.976 bits per heavy atom. The monoisotopic (exact) mass is 597 g/mol. The lowest BCUT2D eigenvalue weighted by atomic mass is 9.93. The number of aliphatic carboxylic acids is 1. The second-order valence-electron chi connectivity index (χ2n) is 10.9. The first-order valence-electron chi connectivity index (χ1n) is 14.2. The number of likely N-dealkylation sites (tertiary alicyclic amines) is 1. The fraction of sp³-hybridized carbons (Fsp3) is 0.467. The summed E-state index contributed by atoms with van der Waals surface area (Å²) in [7, 11) is 2.13. The van der Waals surface area contributed by atoms with Crippen LogP contribution in [0.4, 0.5) is 17.6 Å². The van der Waals surface area contributed by atoms with E-state index in [-0.39, 0.29) is 12.3 Å². The van der Waals surface area contributed by atoms with Gasteiger partial charge in [-0.25, -0.2) is 9.97 Å². The molecule has 1 aromatic carbocycles. The molecule has 2 aliphatic heterocycles. The molecule has 41 heavy (non-hydrogen) atoms. The Bertz CT molecular complexity index is 1340. The van der Waals surface area contributed by atoms with Gasteiger partial charge in [0.05, 0.1) is 5.69 Å². The predicted molar refractivity (Wildman–Crippen MR) is 164 cm³/mol. The summed E-state index contributed by atoms with van der Waals surface area (Å²) in [5.41, 5.74) is 2.75. The minimum atomic E-state index is -0.716. The van der Waals surface area contributed by atoms with Crippen LogP contribution in [0.5, 0.6) is 0 Å². The highest BCUT2D eigenvalue weighted by Crippen LogP contribution is 2.32. The van der Waals surface area contributed by atoms with E-state index in [2.05, 4.69) is 50.7 Å². The zero-order chi connectivity index (χ0) is 28.9. The van der Waals surface area contributed by atoms with E-state index in [9.17, 15) is 9.90 Å². The first-order valence-corrected chi connectivity index (χ1v) is 15.0. The zero-order valence-corrected chi connectivity index (χ0v) is 25.2. The molecule has 0 atom stereocenters. The number of rotatable bonds is 9. The summed E-state index contributed by atoms with van der Waals surface area (Å²) in [6, 6.07) is 11.6. The number of benzene rings is 1. The first kappa shape index (κ1) is 29.5. The average Bonchev–Trinajstić information content (AvgIpc) is 2.94. The van der Waals surface area contributed by atoms with Crippen LogP contribution >= 0.6 is 23.2 Å². The van der Waals surface area contributed by atoms with Crippen LogP contribution in [0.1, 0.15) is 31.7 Å². The fourth-order valence-electron chi connectivity index (χ4n) is 5.59. The molecule has 2 aliphatic rings. The van der Waals surface area contributed by atoms with E-state index < -0.39 is 5.97 Å². The Kier molecular flexibility index (Phi) is 9.60. The SMILES string of the molecule is CCN(c1cc(CN2CCC(CC(=O)O)CC2)cc(-c2cc(Cl)cc(Cl)c2)n1)c1ccnc(N2CCN(C)CC2)n1. The molecule has 11 heteroatoms. The molecule has 218 valence electrons. The molecule has 2 fully saturated rings. The lowest BCUT2D eigenvalue weighted by Crippen LogP contribution is -2.45. The van der Waals surface area contributed by atoms with Crippen molar-refractivity contribution >= 4 is 46.8 Å². The number of aromatic nitrogens is 3. The first-order chi connectivity index (χ1) is 19.8. The molecule has 5 rings (SSSR count). The number of halogens is 2. The predicted octanol–water partition coefficient (Wildman–Crippen LogP) is 5.44. The number of hydrogen-bond acceptors (Lipinski definition) is 8. The van der Waals surface area contributed by atoms with Gasteiger partial charge in [0.2, 0.25) is 5.95 Å². The minimum Gasteiger partial charge on any atom is -0.481 e. The Labute approximate surface area is 251 Å². The molecule has 0 amide bonds. The van der Waals surface area contributed by atoms with E-state index in [1.807, 2.05) is 24.4 Å². The summed E-state index contributed by atoms with van der Waals surface area (Å²) < 4.78 is 0. The number of carbonyl (C=O) groups is 1. The van der Waals surface area contributed by atoms with Crippen LogP contribution in [0.2, 0.25) is 10.0 Å². The van der Waals surface area contributed by atoms with Gasteiger partial charge in [0.25, 0.3) is 0 Å². The standard InChI is InChI=1S/C30H37Cl2N7O2/c1-3-39(27-4-7-33-30(35-27)38-12-10-36(2)11-13-38)28-15-22(20-37-8-5-21(6-9-37)16-29(40)41)14-26(34-28)23-17-24(31)19-25(32)18-23/h4,7,14-15,17-19,21H,3,5-6,8-13,16,20H2,1-2H3,(H,40,41). The Hall–Kier alpha value is -2.98. The van der Waals surface area contributed by atoms with Crippen molar-refractivity contribution in [2.24, 2.45) is 5.92 Å². The van der Waals surface area contributed by atoms with Gasteiger partial charge in [-0.3, -0.25) is 9.69 Å². The molecular weight excluding hydrogens is 561 g/mol. The second kappa shape index (κ2) is 13.3. The van der Waals surface area contributed by atoms with Gasteiger partial charge in [0.15, 0.2) is 0 Å². The van der Waals surface area contributed by atoms with Crippen LogP contribution in [-0.4, -0.2) is 88.7 Å². The van der Waals surface area contributed by atoms with Crippen molar-refractivity contribution in [3.8, 4) is 11.3 Å². The molecule has 2 saturated heterocycles. The normalized spacial score (nSPS) is 17.1. The second-order valence-corrected chi connectivity index (χ2v) is 11.8. The molecule has 1 N–H and O–H groups in total. The molecular formula is C30H37Cl2N7O2. The molecule has 0 aliphatic carbocycles. The topological polar surface area (TPSA) is 88.9 Å². The Balaban J connectivity index is 1.45. The van der Waals surface area contributed by atoms with Crippen LogP contribution < -0.4 is 9.80 Å². The van der Waals surface area contributed by atoms with Crippen molar-refractivity contribution in [3.63, 3.8) is 0 Å². The van der Waals surface area contributed by atoms with Gasteiger partial charge >= 0.3 is 5.97 Å². The Morgan fingerprint density at radius 3 is 2.34 bits per heavy atom. The number of nitrogens with zero attached hydrogens (tertiary/aromatic N) is 7. The maximum atomic E-state index is 11.2. The maximum Gasteiger partial charge on any atom is 0.303 e. The average molecular weight is 599 g/mol. The zero-order valence-electron chi connectivity index (χ0n) is 23.6. The van der Waals surface area contributed by atoms with Gasteiger partial charge in [0, 0.05) is 67.5 Å². The van der Waals surface area contributed by atoms with Gasteiger partial charge < -0.3 is 19.8 Å². The summed E-state index contributed by atoms with van der Waals surface area (Å²) in [6.45, 7) is 8.98. The van der Waals surface area contributed by atoms with Gasteiger partial charge in [-0.2, -0.15) is 4.98 Å². The highest BCUT2D eigenvalue weighted by molar-refractivity contribution is 6.35. The van der Waals surface area contributed by atoms with Crippen molar-refractivity contribution in [1.82, 2.24) is 24.8 Å². The van der Waals surface area contributed by atoms with Crippen LogP contribution in [0.25, 0.3) is 11.3 Å². The quantitative estimate of drug-likeness (QED) is 0.346. The van der Waals surface area contributed by atoms with Crippen molar-refractivity contribution < 1.29 is 9.90 Å². The summed E-state index contributed by atoms with van der Waals surface area (Å²) >= 11 is 12.7. The molecule has 0 bridgehead atoms. The van der Waals surface area contributed by atoms with E-state index in [1.165, 1.54) is 0 Å². The van der Waals surface area contributed by atoms with Crippen molar-refractivity contribution in [3.05, 3.63) is 58.2 Å². The maximum absolute atomic E-state index is 11.2. The highest BCUT2D eigenvalue weighted by Gasteiger charge is 2.23. The lowest BCUT2D eigenvalue weighted by molar-refractivity contribution is -0.138. The minimum absolute atomic E-state index is 0.240. The van der Waals surface area contributed by atoms with E-state index in [0.717, 1.165) is 93.1 Å². The van der Waals surface area contributed by atoms with Crippen LogP contribution in [0.15, 0.2) is 42.6 Å². The van der Waals surface area contributed by atoms with Crippen LogP contribution in [0.3, 0.4) is 0 Å². The number of likely N-dealkylation sites (N-methyl/N-ethyl adjacent to an activating group) is 1. The number of piperidine rings is 1. The lowest BCUT2D eigenvalue weighted by Gasteiger charge is -2.33. The molecule has 0 spiro atoms. The van der Waals surface area contributed by atoms with Crippen molar-refractivity contribution in [1.29, 1.82) is 0 Å². The largest absolute Gasteiger partial charge is 0.481 e. The van der Waals surface area contributed by atoms with Gasteiger partial charge in [-0.1, -0.05) is 23.2 Å². The van der Waals surface area contributed by atoms with Crippen molar-refractivity contribution in [2.75, 3.05) is 62.7 Å². The number of pyridine rings is 1. The van der Waals surface area contributed by atoms with Gasteiger partial charge in [-0.15, -0.1) is 0 Å². The summed E-state index contributed by atoms with van der Waals surface area (Å²) in [5.74, 6) is 1.85. The smallest absolute Gasteiger partial charge is 0.303 e. The third-order valence-corrected chi connectivity index (χ3v) is 8.33. The molecule has 0 unspecified atom stereocenters. The molecule has 4 heterocycles. The molecule has 9 nitrogen and oxygen atoms in total. The number of carboxylic acid groups (broad SMARTS) is 1. The number of carboxylic acids is 1. The summed E-state index contributed by atoms with van der Waals surface area (Å²) in [4.78, 5) is 34.8. The van der Waals surface area contributed by atoms with E-state index >= 15 is 0 Å². The number of anilines is 3. The summed E-state index contributed by atoms with van der Waals surface area (Å²) in [5, 5.41) is 10.3. The van der Waals surface area contributed by atoms with Crippen LogP contribution in [0, 0.1) is 5.92 Å². The summed E-state index contributed by atoms with van der Waals surface area (Å²) in [6.07, 6.45) is 3.84. The number of hydrogen-bond donors (Lipinski definition) is 1. The fourth-order valence-corrected chi connectivity index (χ4v) is 6.12. The van der Waals surface area contributed by atoms with Crippen molar-refractivity contribution in [2.45, 2.75) is 32.7 Å². The third kappa shape index (κ3) is 7.65. The molecule has 3 aromatic rings. The van der Waals surface area contributed by atoms with E-state index in [0.29, 0.717) is 16.6 Å². The third-order valence-electron chi connectivity index (χ3n) is 7.89. The van der Waals surface area contributed by atoms with Gasteiger partial charge in [-0.05, 0) is 87.8 Å². The molecule has 0 saturated carbocycles. The van der Waals surface area contributed by atoms with Gasteiger partial charge in [0.1, 0.15) is 11.6 Å². The molecule has 0 radical (unpaired) electrons.